The zero-order valence-corrected chi connectivity index (χ0v) is 30.6. The lowest BCUT2D eigenvalue weighted by Gasteiger charge is -2.19. The lowest BCUT2D eigenvalue weighted by Crippen LogP contribution is -2.35. The summed E-state index contributed by atoms with van der Waals surface area (Å²) in [4.78, 5) is 53.5. The molecule has 0 fully saturated rings. The summed E-state index contributed by atoms with van der Waals surface area (Å²) in [7, 11) is 0. The van der Waals surface area contributed by atoms with Gasteiger partial charge < -0.3 is 20.7 Å². The van der Waals surface area contributed by atoms with Gasteiger partial charge in [-0.15, -0.1) is 0 Å². The smallest absolute Gasteiger partial charge is 0.333 e. The summed E-state index contributed by atoms with van der Waals surface area (Å²) in [6.07, 6.45) is 19.6. The number of carbonyl (C=O) groups excluding carboxylic acids is 4. The van der Waals surface area contributed by atoms with Gasteiger partial charge in [-0.3, -0.25) is 14.4 Å². The van der Waals surface area contributed by atoms with Crippen LogP contribution in [0.25, 0.3) is 0 Å². The van der Waals surface area contributed by atoms with E-state index in [1.165, 1.54) is 76.0 Å². The molecular weight excluding hydrogens is 614 g/mol. The van der Waals surface area contributed by atoms with Crippen molar-refractivity contribution in [1.82, 2.24) is 16.0 Å². The van der Waals surface area contributed by atoms with Crippen molar-refractivity contribution in [3.63, 3.8) is 0 Å². The van der Waals surface area contributed by atoms with Gasteiger partial charge in [0.2, 0.25) is 0 Å². The number of esters is 1. The lowest BCUT2D eigenvalue weighted by atomic mass is 10.0. The quantitative estimate of drug-likeness (QED) is 0.0644. The number of ether oxygens (including phenoxy) is 1. The minimum absolute atomic E-state index is 0.126. The van der Waals surface area contributed by atoms with Gasteiger partial charge in [0.1, 0.15) is 0 Å². The largest absolute Gasteiger partial charge is 0.464 e. The summed E-state index contributed by atoms with van der Waals surface area (Å²) < 4.78 is 5.62. The van der Waals surface area contributed by atoms with Crippen molar-refractivity contribution >= 4 is 23.7 Å². The Bertz CT molecular complexity index is 1180. The molecule has 3 amide bonds. The molecule has 0 radical (unpaired) electrons. The molecule has 8 heteroatoms. The Hall–Kier alpha value is -3.68. The molecule has 2 aromatic rings. The second kappa shape index (κ2) is 26.2. The van der Waals surface area contributed by atoms with E-state index in [0.29, 0.717) is 18.7 Å². The molecule has 3 N–H and O–H groups in total. The first-order valence-corrected chi connectivity index (χ1v) is 19.1. The minimum atomic E-state index is -1.04. The van der Waals surface area contributed by atoms with E-state index in [9.17, 15) is 19.2 Å². The standard InChI is InChI=1S/C41H63N3O5/c1-4-7-10-13-16-22-27-42-38(45)34-30-35(39(46)43-28-23-17-14-11-8-5-2)32-36(31-34)40(47)44-37(33-25-20-19-21-26-33)41(48)49-29-24-18-15-12-9-6-3/h19-21,25-26,30-32,37H,4-18,22-24,27-29H2,1-3H3,(H,42,45)(H,43,46)(H,44,47)/t37-/m1/s1. The fourth-order valence-electron chi connectivity index (χ4n) is 5.72. The molecule has 2 rings (SSSR count). The van der Waals surface area contributed by atoms with E-state index in [2.05, 4.69) is 36.7 Å². The topological polar surface area (TPSA) is 114 Å². The SMILES string of the molecule is CCCCCCCCNC(=O)c1cc(C(=O)NCCCCCCCC)cc(C(=O)N[C@@H](C(=O)OCCCCCCCC)c2ccccc2)c1. The molecular formula is C41H63N3O5. The second-order valence-electron chi connectivity index (χ2n) is 13.1. The van der Waals surface area contributed by atoms with Crippen molar-refractivity contribution < 1.29 is 23.9 Å². The average Bonchev–Trinajstić information content (AvgIpc) is 3.12. The summed E-state index contributed by atoms with van der Waals surface area (Å²) in [6.45, 7) is 7.85. The van der Waals surface area contributed by atoms with E-state index >= 15 is 0 Å². The molecule has 0 aliphatic rings. The Morgan fingerprint density at radius 2 is 0.939 bits per heavy atom. The van der Waals surface area contributed by atoms with Crippen LogP contribution in [0.15, 0.2) is 48.5 Å². The lowest BCUT2D eigenvalue weighted by molar-refractivity contribution is -0.146. The first-order valence-electron chi connectivity index (χ1n) is 19.1. The fraction of sp³-hybridized carbons (Fsp3) is 0.610. The molecule has 1 atom stereocenters. The number of unbranched alkanes of at least 4 members (excludes halogenated alkanes) is 15. The zero-order chi connectivity index (χ0) is 35.5. The highest BCUT2D eigenvalue weighted by atomic mass is 16.5. The maximum absolute atomic E-state index is 13.7. The Morgan fingerprint density at radius 3 is 1.41 bits per heavy atom. The maximum Gasteiger partial charge on any atom is 0.333 e. The Balaban J connectivity index is 2.17. The molecule has 0 bridgehead atoms. The van der Waals surface area contributed by atoms with E-state index in [1.807, 2.05) is 6.07 Å². The molecule has 0 aromatic heterocycles. The molecule has 0 aliphatic carbocycles. The maximum atomic E-state index is 13.7. The van der Waals surface area contributed by atoms with Gasteiger partial charge in [0.05, 0.1) is 6.61 Å². The molecule has 0 saturated heterocycles. The highest BCUT2D eigenvalue weighted by molar-refractivity contribution is 6.05. The van der Waals surface area contributed by atoms with Crippen molar-refractivity contribution in [2.24, 2.45) is 0 Å². The Kier molecular flexibility index (Phi) is 22.2. The van der Waals surface area contributed by atoms with Crippen LogP contribution >= 0.6 is 0 Å². The summed E-state index contributed by atoms with van der Waals surface area (Å²) in [5.74, 6) is -1.80. The number of hydrogen-bond donors (Lipinski definition) is 3. The molecule has 0 aliphatic heterocycles. The van der Waals surface area contributed by atoms with Crippen LogP contribution in [0.3, 0.4) is 0 Å². The van der Waals surface area contributed by atoms with Gasteiger partial charge in [-0.1, -0.05) is 147 Å². The normalized spacial score (nSPS) is 11.5. The summed E-state index contributed by atoms with van der Waals surface area (Å²) in [6, 6.07) is 12.5. The molecule has 0 spiro atoms. The number of hydrogen-bond acceptors (Lipinski definition) is 5. The summed E-state index contributed by atoms with van der Waals surface area (Å²) >= 11 is 0. The number of amides is 3. The van der Waals surface area contributed by atoms with Gasteiger partial charge in [-0.05, 0) is 43.0 Å². The monoisotopic (exact) mass is 677 g/mol. The van der Waals surface area contributed by atoms with Gasteiger partial charge in [0.15, 0.2) is 6.04 Å². The molecule has 272 valence electrons. The van der Waals surface area contributed by atoms with E-state index in [0.717, 1.165) is 57.8 Å². The van der Waals surface area contributed by atoms with Crippen molar-refractivity contribution in [2.75, 3.05) is 19.7 Å². The predicted molar refractivity (Wildman–Crippen MR) is 199 cm³/mol. The van der Waals surface area contributed by atoms with Crippen LogP contribution in [0.5, 0.6) is 0 Å². The number of benzene rings is 2. The van der Waals surface area contributed by atoms with Gasteiger partial charge >= 0.3 is 5.97 Å². The van der Waals surface area contributed by atoms with E-state index in [1.54, 1.807) is 24.3 Å². The van der Waals surface area contributed by atoms with Crippen LogP contribution in [-0.4, -0.2) is 43.4 Å². The van der Waals surface area contributed by atoms with Gasteiger partial charge in [0.25, 0.3) is 17.7 Å². The van der Waals surface area contributed by atoms with Crippen LogP contribution in [0.4, 0.5) is 0 Å². The first-order chi connectivity index (χ1) is 23.9. The Labute approximate surface area is 295 Å². The van der Waals surface area contributed by atoms with Crippen LogP contribution in [0.1, 0.15) is 179 Å². The van der Waals surface area contributed by atoms with E-state index < -0.39 is 17.9 Å². The molecule has 49 heavy (non-hydrogen) atoms. The zero-order valence-electron chi connectivity index (χ0n) is 30.6. The van der Waals surface area contributed by atoms with Crippen LogP contribution < -0.4 is 16.0 Å². The Morgan fingerprint density at radius 1 is 0.531 bits per heavy atom. The minimum Gasteiger partial charge on any atom is -0.464 e. The number of carbonyl (C=O) groups is 4. The van der Waals surface area contributed by atoms with Crippen molar-refractivity contribution in [3.05, 3.63) is 70.8 Å². The molecule has 0 saturated carbocycles. The van der Waals surface area contributed by atoms with Gasteiger partial charge in [0, 0.05) is 29.8 Å². The van der Waals surface area contributed by atoms with Gasteiger partial charge in [-0.25, -0.2) is 4.79 Å². The third-order valence-electron chi connectivity index (χ3n) is 8.74. The van der Waals surface area contributed by atoms with E-state index in [4.69, 9.17) is 4.74 Å². The van der Waals surface area contributed by atoms with Crippen LogP contribution in [0, 0.1) is 0 Å². The molecule has 0 heterocycles. The van der Waals surface area contributed by atoms with Crippen LogP contribution in [0.2, 0.25) is 0 Å². The predicted octanol–water partition coefficient (Wildman–Crippen LogP) is 9.24. The third-order valence-corrected chi connectivity index (χ3v) is 8.74. The highest BCUT2D eigenvalue weighted by Gasteiger charge is 2.26. The number of rotatable bonds is 27. The third kappa shape index (κ3) is 17.5. The van der Waals surface area contributed by atoms with Crippen molar-refractivity contribution in [1.29, 1.82) is 0 Å². The van der Waals surface area contributed by atoms with Crippen molar-refractivity contribution in [3.8, 4) is 0 Å². The summed E-state index contributed by atoms with van der Waals surface area (Å²) in [5, 5.41) is 8.73. The first kappa shape index (κ1) is 41.5. The second-order valence-corrected chi connectivity index (χ2v) is 13.1. The van der Waals surface area contributed by atoms with Gasteiger partial charge in [-0.2, -0.15) is 0 Å². The fourth-order valence-corrected chi connectivity index (χ4v) is 5.72. The summed E-state index contributed by atoms with van der Waals surface area (Å²) in [5.41, 5.74) is 1.17. The van der Waals surface area contributed by atoms with Crippen LogP contribution in [-0.2, 0) is 9.53 Å². The number of nitrogens with one attached hydrogen (secondary N) is 3. The highest BCUT2D eigenvalue weighted by Crippen LogP contribution is 2.18. The van der Waals surface area contributed by atoms with Crippen molar-refractivity contribution in [2.45, 2.75) is 142 Å². The molecule has 8 nitrogen and oxygen atoms in total. The molecule has 2 aromatic carbocycles. The van der Waals surface area contributed by atoms with E-state index in [-0.39, 0.29) is 35.1 Å². The average molecular weight is 678 g/mol. The molecule has 0 unspecified atom stereocenters.